The van der Waals surface area contributed by atoms with Crippen molar-refractivity contribution >= 4 is 15.8 Å². The van der Waals surface area contributed by atoms with Crippen LogP contribution >= 0.6 is 0 Å². The molecular weight excluding hydrogens is 278 g/mol. The first-order chi connectivity index (χ1) is 9.13. The third kappa shape index (κ3) is 6.22. The fourth-order valence-electron chi connectivity index (χ4n) is 2.70. The summed E-state index contributed by atoms with van der Waals surface area (Å²) in [6.45, 7) is 5.19. The molecule has 1 saturated carbocycles. The Morgan fingerprint density at radius 2 is 1.85 bits per heavy atom. The van der Waals surface area contributed by atoms with Crippen molar-refractivity contribution in [3.63, 3.8) is 0 Å². The van der Waals surface area contributed by atoms with Crippen molar-refractivity contribution in [2.45, 2.75) is 58.1 Å². The van der Waals surface area contributed by atoms with Gasteiger partial charge in [-0.3, -0.25) is 4.79 Å². The summed E-state index contributed by atoms with van der Waals surface area (Å²) in [5.41, 5.74) is -0.652. The largest absolute Gasteiger partial charge is 0.459 e. The smallest absolute Gasteiger partial charge is 0.321 e. The lowest BCUT2D eigenvalue weighted by Crippen LogP contribution is -2.40. The molecule has 0 aromatic carbocycles. The van der Waals surface area contributed by atoms with Crippen LogP contribution in [0, 0.1) is 5.92 Å². The molecule has 5 nitrogen and oxygen atoms in total. The molecular formula is C14H27NO4S. The summed E-state index contributed by atoms with van der Waals surface area (Å²) in [6.07, 6.45) is 4.45. The number of esters is 1. The van der Waals surface area contributed by atoms with Crippen LogP contribution in [0.25, 0.3) is 0 Å². The lowest BCUT2D eigenvalue weighted by Gasteiger charge is -2.23. The summed E-state index contributed by atoms with van der Waals surface area (Å²) in [5, 5.41) is 3.09. The maximum atomic E-state index is 12.1. The van der Waals surface area contributed by atoms with Crippen molar-refractivity contribution in [2.75, 3.05) is 18.6 Å². The number of sulfone groups is 1. The Bertz CT molecular complexity index is 419. The number of carbonyl (C=O) groups is 1. The van der Waals surface area contributed by atoms with E-state index in [4.69, 9.17) is 4.74 Å². The Morgan fingerprint density at radius 1 is 1.30 bits per heavy atom. The third-order valence-electron chi connectivity index (χ3n) is 3.53. The van der Waals surface area contributed by atoms with Crippen molar-refractivity contribution in [3.8, 4) is 0 Å². The molecule has 0 spiro atoms. The summed E-state index contributed by atoms with van der Waals surface area (Å²) in [7, 11) is -1.66. The molecule has 118 valence electrons. The number of ether oxygens (including phenoxy) is 1. The van der Waals surface area contributed by atoms with Crippen LogP contribution in [0.1, 0.15) is 46.5 Å². The van der Waals surface area contributed by atoms with E-state index in [0.717, 1.165) is 25.7 Å². The minimum absolute atomic E-state index is 0.00735. The Kier molecular flexibility index (Phi) is 6.01. The molecule has 0 bridgehead atoms. The normalized spacial score (nSPS) is 19.0. The first-order valence-corrected chi connectivity index (χ1v) is 9.04. The molecule has 1 atom stereocenters. The van der Waals surface area contributed by atoms with Crippen molar-refractivity contribution in [2.24, 2.45) is 5.92 Å². The third-order valence-corrected chi connectivity index (χ3v) is 5.07. The first-order valence-electron chi connectivity index (χ1n) is 7.22. The number of hydrogen-bond donors (Lipinski definition) is 1. The van der Waals surface area contributed by atoms with Gasteiger partial charge in [-0.15, -0.1) is 0 Å². The van der Waals surface area contributed by atoms with Gasteiger partial charge in [0.15, 0.2) is 9.84 Å². The zero-order valence-corrected chi connectivity index (χ0v) is 13.8. The van der Waals surface area contributed by atoms with E-state index in [9.17, 15) is 13.2 Å². The van der Waals surface area contributed by atoms with Gasteiger partial charge in [0.25, 0.3) is 0 Å². The number of nitrogens with one attached hydrogen (secondary N) is 1. The van der Waals surface area contributed by atoms with Gasteiger partial charge < -0.3 is 10.1 Å². The van der Waals surface area contributed by atoms with Crippen molar-refractivity contribution in [1.82, 2.24) is 5.32 Å². The molecule has 1 N–H and O–H groups in total. The van der Waals surface area contributed by atoms with Crippen LogP contribution in [-0.2, 0) is 19.4 Å². The Hall–Kier alpha value is -0.620. The Balaban J connectivity index is 2.57. The monoisotopic (exact) mass is 305 g/mol. The van der Waals surface area contributed by atoms with E-state index in [1.807, 2.05) is 0 Å². The molecule has 1 fully saturated rings. The van der Waals surface area contributed by atoms with E-state index < -0.39 is 27.2 Å². The molecule has 1 rings (SSSR count). The average Bonchev–Trinajstić information content (AvgIpc) is 2.75. The molecule has 0 amide bonds. The van der Waals surface area contributed by atoms with E-state index in [2.05, 4.69) is 5.32 Å². The van der Waals surface area contributed by atoms with Gasteiger partial charge in [-0.2, -0.15) is 0 Å². The fourth-order valence-corrected chi connectivity index (χ4v) is 4.22. The molecule has 0 saturated heterocycles. The Morgan fingerprint density at radius 3 is 2.30 bits per heavy atom. The van der Waals surface area contributed by atoms with Gasteiger partial charge in [0, 0.05) is 6.04 Å². The summed E-state index contributed by atoms with van der Waals surface area (Å²) in [6, 6.07) is -0.0649. The van der Waals surface area contributed by atoms with Gasteiger partial charge in [0.2, 0.25) is 0 Å². The van der Waals surface area contributed by atoms with Crippen LogP contribution in [0.2, 0.25) is 0 Å². The summed E-state index contributed by atoms with van der Waals surface area (Å²) >= 11 is 0. The molecule has 6 heteroatoms. The van der Waals surface area contributed by atoms with Gasteiger partial charge in [0.1, 0.15) is 11.4 Å². The van der Waals surface area contributed by atoms with Crippen molar-refractivity contribution in [1.29, 1.82) is 0 Å². The van der Waals surface area contributed by atoms with Gasteiger partial charge in [-0.1, -0.05) is 12.8 Å². The number of carbonyl (C=O) groups excluding carboxylic acids is 1. The summed E-state index contributed by atoms with van der Waals surface area (Å²) in [5.74, 6) is -0.796. The fraction of sp³-hybridized carbons (Fsp3) is 0.929. The lowest BCUT2D eigenvalue weighted by molar-refractivity contribution is -0.151. The molecule has 0 radical (unpaired) electrons. The maximum Gasteiger partial charge on any atom is 0.321 e. The molecule has 20 heavy (non-hydrogen) atoms. The number of hydrogen-bond acceptors (Lipinski definition) is 5. The zero-order chi connectivity index (χ0) is 15.4. The molecule has 1 aliphatic rings. The predicted octanol–water partition coefficient (Wildman–Crippen LogP) is 1.52. The van der Waals surface area contributed by atoms with Crippen LogP contribution in [0.15, 0.2) is 0 Å². The lowest BCUT2D eigenvalue weighted by atomic mass is 10.0. The summed E-state index contributed by atoms with van der Waals surface area (Å²) in [4.78, 5) is 11.6. The van der Waals surface area contributed by atoms with Gasteiger partial charge >= 0.3 is 5.97 Å². The highest BCUT2D eigenvalue weighted by Gasteiger charge is 2.30. The zero-order valence-electron chi connectivity index (χ0n) is 12.9. The highest BCUT2D eigenvalue weighted by atomic mass is 32.2. The maximum absolute atomic E-state index is 12.1. The molecule has 0 aromatic rings. The standard InChI is InChI=1S/C14H27NO4S/c1-14(2,3)19-13(16)10-20(17,18)9-12(15-4)11-7-5-6-8-11/h11-12,15H,5-10H2,1-4H3. The average molecular weight is 305 g/mol. The first kappa shape index (κ1) is 17.4. The molecule has 1 unspecified atom stereocenters. The van der Waals surface area contributed by atoms with Crippen LogP contribution < -0.4 is 5.32 Å². The number of rotatable bonds is 6. The minimum Gasteiger partial charge on any atom is -0.459 e. The van der Waals surface area contributed by atoms with Crippen LogP contribution in [0.4, 0.5) is 0 Å². The molecule has 1 aliphatic carbocycles. The summed E-state index contributed by atoms with van der Waals surface area (Å²) < 4.78 is 29.3. The minimum atomic E-state index is -3.44. The molecule has 0 heterocycles. The van der Waals surface area contributed by atoms with E-state index in [1.54, 1.807) is 27.8 Å². The second-order valence-electron chi connectivity index (χ2n) is 6.58. The van der Waals surface area contributed by atoms with E-state index >= 15 is 0 Å². The predicted molar refractivity (Wildman–Crippen MR) is 79.3 cm³/mol. The molecule has 0 aliphatic heterocycles. The Labute approximate surface area is 122 Å². The van der Waals surface area contributed by atoms with Crippen LogP contribution in [0.5, 0.6) is 0 Å². The van der Waals surface area contributed by atoms with Crippen molar-refractivity contribution in [3.05, 3.63) is 0 Å². The van der Waals surface area contributed by atoms with Crippen LogP contribution in [-0.4, -0.2) is 44.6 Å². The SMILES string of the molecule is CNC(CS(=O)(=O)CC(=O)OC(C)(C)C)C1CCCC1. The van der Waals surface area contributed by atoms with Crippen molar-refractivity contribution < 1.29 is 17.9 Å². The second kappa shape index (κ2) is 6.89. The highest BCUT2D eigenvalue weighted by Crippen LogP contribution is 2.28. The van der Waals surface area contributed by atoms with Gasteiger partial charge in [0.05, 0.1) is 5.75 Å². The van der Waals surface area contributed by atoms with Gasteiger partial charge in [-0.05, 0) is 46.6 Å². The van der Waals surface area contributed by atoms with E-state index in [0.29, 0.717) is 5.92 Å². The molecule has 0 aromatic heterocycles. The highest BCUT2D eigenvalue weighted by molar-refractivity contribution is 7.92. The van der Waals surface area contributed by atoms with E-state index in [1.165, 1.54) is 0 Å². The quantitative estimate of drug-likeness (QED) is 0.753. The second-order valence-corrected chi connectivity index (χ2v) is 8.69. The van der Waals surface area contributed by atoms with E-state index in [-0.39, 0.29) is 11.8 Å². The van der Waals surface area contributed by atoms with Gasteiger partial charge in [-0.25, -0.2) is 8.42 Å². The van der Waals surface area contributed by atoms with Crippen LogP contribution in [0.3, 0.4) is 0 Å². The topological polar surface area (TPSA) is 72.5 Å².